The van der Waals surface area contributed by atoms with E-state index < -0.39 is 0 Å². The van der Waals surface area contributed by atoms with Gasteiger partial charge < -0.3 is 15.0 Å². The van der Waals surface area contributed by atoms with E-state index in [1.165, 1.54) is 57.8 Å². The van der Waals surface area contributed by atoms with E-state index in [4.69, 9.17) is 4.74 Å². The number of hydroxylamine groups is 2. The van der Waals surface area contributed by atoms with Crippen molar-refractivity contribution in [2.45, 2.75) is 90.4 Å². The molecule has 1 heterocycles. The molecule has 1 aliphatic heterocycles. The van der Waals surface area contributed by atoms with Gasteiger partial charge in [-0.2, -0.15) is 0 Å². The molecule has 0 aliphatic carbocycles. The number of carbonyl (C=O) groups is 1. The van der Waals surface area contributed by atoms with E-state index in [9.17, 15) is 10.0 Å². The lowest BCUT2D eigenvalue weighted by atomic mass is 10.1. The smallest absolute Gasteiger partial charge is 0.212 e. The Kier molecular flexibility index (Phi) is 14.9. The first-order valence-electron chi connectivity index (χ1n) is 11.0. The van der Waals surface area contributed by atoms with Gasteiger partial charge in [-0.3, -0.25) is 9.69 Å². The summed E-state index contributed by atoms with van der Waals surface area (Å²) in [7, 11) is 0. The van der Waals surface area contributed by atoms with Gasteiger partial charge in [-0.1, -0.05) is 71.1 Å². The number of hydrogen-bond acceptors (Lipinski definition) is 4. The highest BCUT2D eigenvalue weighted by molar-refractivity contribution is 5.76. The van der Waals surface area contributed by atoms with Crippen LogP contribution in [0.3, 0.4) is 0 Å². The van der Waals surface area contributed by atoms with Crippen LogP contribution in [0.4, 0.5) is 0 Å². The molecule has 0 bridgehead atoms. The first-order valence-corrected chi connectivity index (χ1v) is 11.0. The molecule has 1 aliphatic rings. The predicted molar refractivity (Wildman–Crippen MR) is 108 cm³/mol. The number of hydrogen-bond donors (Lipinski definition) is 0. The van der Waals surface area contributed by atoms with Crippen molar-refractivity contribution < 1.29 is 9.53 Å². The van der Waals surface area contributed by atoms with Crippen molar-refractivity contribution in [3.63, 3.8) is 0 Å². The Morgan fingerprint density at radius 3 is 2.00 bits per heavy atom. The fourth-order valence-electron chi connectivity index (χ4n) is 3.45. The Morgan fingerprint density at radius 2 is 1.42 bits per heavy atom. The van der Waals surface area contributed by atoms with Crippen molar-refractivity contribution in [2.75, 3.05) is 39.4 Å². The Balaban J connectivity index is 1.86. The Morgan fingerprint density at radius 1 is 0.885 bits per heavy atom. The standard InChI is InChI=1S/C21H41N2O3/c1-2-3-4-5-6-7-8-9-10-11-12-14-21(24)23(25)16-13-15-22-17-19-26-20-18-22/h2-20H2,1H3/q-1. The SMILES string of the molecule is CCCCCCCCCCCCCC(=O)N([O-])CCCN1CCOCC1. The fourth-order valence-corrected chi connectivity index (χ4v) is 3.45. The monoisotopic (exact) mass is 369 g/mol. The van der Waals surface area contributed by atoms with Crippen molar-refractivity contribution in [1.29, 1.82) is 0 Å². The molecule has 1 rings (SSSR count). The minimum Gasteiger partial charge on any atom is -0.756 e. The first-order chi connectivity index (χ1) is 12.7. The average Bonchev–Trinajstić information content (AvgIpc) is 2.66. The molecule has 5 heteroatoms. The fraction of sp³-hybridized carbons (Fsp3) is 0.952. The molecule has 0 atom stereocenters. The maximum absolute atomic E-state index is 11.9. The molecule has 0 spiro atoms. The van der Waals surface area contributed by atoms with Gasteiger partial charge >= 0.3 is 0 Å². The van der Waals surface area contributed by atoms with Gasteiger partial charge in [0.15, 0.2) is 0 Å². The third-order valence-electron chi connectivity index (χ3n) is 5.21. The van der Waals surface area contributed by atoms with Crippen molar-refractivity contribution in [1.82, 2.24) is 9.96 Å². The summed E-state index contributed by atoms with van der Waals surface area (Å²) >= 11 is 0. The molecule has 0 radical (unpaired) electrons. The lowest BCUT2D eigenvalue weighted by Gasteiger charge is -2.31. The van der Waals surface area contributed by atoms with Crippen LogP contribution in [0.1, 0.15) is 90.4 Å². The van der Waals surface area contributed by atoms with Gasteiger partial charge in [0, 0.05) is 26.1 Å². The maximum atomic E-state index is 11.9. The number of carbonyl (C=O) groups excluding carboxylic acids is 1. The summed E-state index contributed by atoms with van der Waals surface area (Å²) in [6.07, 6.45) is 15.0. The van der Waals surface area contributed by atoms with Crippen molar-refractivity contribution in [3.8, 4) is 0 Å². The van der Waals surface area contributed by atoms with Crippen LogP contribution in [0.2, 0.25) is 0 Å². The maximum Gasteiger partial charge on any atom is 0.212 e. The third-order valence-corrected chi connectivity index (χ3v) is 5.21. The van der Waals surface area contributed by atoms with Gasteiger partial charge in [-0.25, -0.2) is 0 Å². The minimum absolute atomic E-state index is 0.233. The quantitative estimate of drug-likeness (QED) is 0.291. The molecule has 0 aromatic rings. The lowest BCUT2D eigenvalue weighted by Crippen LogP contribution is -2.38. The summed E-state index contributed by atoms with van der Waals surface area (Å²) in [5.41, 5.74) is 0. The molecular formula is C21H41N2O3-. The zero-order valence-electron chi connectivity index (χ0n) is 17.1. The van der Waals surface area contributed by atoms with Gasteiger partial charge in [0.2, 0.25) is 5.91 Å². The molecule has 0 aromatic heterocycles. The van der Waals surface area contributed by atoms with Gasteiger partial charge in [0.25, 0.3) is 0 Å². The zero-order chi connectivity index (χ0) is 18.9. The first kappa shape index (κ1) is 23.4. The van der Waals surface area contributed by atoms with Crippen LogP contribution in [-0.2, 0) is 9.53 Å². The van der Waals surface area contributed by atoms with Gasteiger partial charge in [0.1, 0.15) is 0 Å². The second-order valence-electron chi connectivity index (χ2n) is 7.59. The number of unbranched alkanes of at least 4 members (excludes halogenated alkanes) is 10. The number of nitrogens with zero attached hydrogens (tertiary/aromatic N) is 2. The van der Waals surface area contributed by atoms with Crippen LogP contribution < -0.4 is 0 Å². The van der Waals surface area contributed by atoms with E-state index in [1.54, 1.807) is 0 Å². The van der Waals surface area contributed by atoms with E-state index in [0.717, 1.165) is 52.1 Å². The van der Waals surface area contributed by atoms with E-state index in [2.05, 4.69) is 11.8 Å². The van der Waals surface area contributed by atoms with Crippen LogP contribution in [0.25, 0.3) is 0 Å². The molecule has 1 amide bonds. The summed E-state index contributed by atoms with van der Waals surface area (Å²) in [5, 5.41) is 12.5. The van der Waals surface area contributed by atoms with Gasteiger partial charge in [0.05, 0.1) is 13.2 Å². The van der Waals surface area contributed by atoms with Gasteiger partial charge in [-0.15, -0.1) is 0 Å². The minimum atomic E-state index is -0.233. The number of rotatable bonds is 16. The summed E-state index contributed by atoms with van der Waals surface area (Å²) < 4.78 is 5.30. The Hall–Kier alpha value is -0.650. The summed E-state index contributed by atoms with van der Waals surface area (Å²) in [6.45, 7) is 6.89. The summed E-state index contributed by atoms with van der Waals surface area (Å²) in [6, 6.07) is 0. The highest BCUT2D eigenvalue weighted by atomic mass is 16.5. The highest BCUT2D eigenvalue weighted by Crippen LogP contribution is 2.12. The van der Waals surface area contributed by atoms with E-state index in [1.807, 2.05) is 0 Å². The third kappa shape index (κ3) is 12.7. The van der Waals surface area contributed by atoms with Crippen LogP contribution in [0, 0.1) is 5.21 Å². The van der Waals surface area contributed by atoms with Crippen molar-refractivity contribution >= 4 is 5.91 Å². The second-order valence-corrected chi connectivity index (χ2v) is 7.59. The van der Waals surface area contributed by atoms with Crippen LogP contribution in [0.15, 0.2) is 0 Å². The molecular weight excluding hydrogens is 328 g/mol. The second kappa shape index (κ2) is 16.5. The molecule has 1 fully saturated rings. The summed E-state index contributed by atoms with van der Waals surface area (Å²) in [5.74, 6) is -0.233. The molecule has 1 saturated heterocycles. The topological polar surface area (TPSA) is 55.8 Å². The average molecular weight is 370 g/mol. The number of morpholine rings is 1. The van der Waals surface area contributed by atoms with E-state index in [-0.39, 0.29) is 5.91 Å². The summed E-state index contributed by atoms with van der Waals surface area (Å²) in [4.78, 5) is 14.2. The normalized spacial score (nSPS) is 15.3. The lowest BCUT2D eigenvalue weighted by molar-refractivity contribution is -0.128. The highest BCUT2D eigenvalue weighted by Gasteiger charge is 2.10. The Labute approximate surface area is 161 Å². The van der Waals surface area contributed by atoms with Crippen molar-refractivity contribution in [2.24, 2.45) is 0 Å². The molecule has 154 valence electrons. The largest absolute Gasteiger partial charge is 0.756 e. The molecule has 0 aromatic carbocycles. The zero-order valence-corrected chi connectivity index (χ0v) is 17.1. The molecule has 5 nitrogen and oxygen atoms in total. The molecule has 0 N–H and O–H groups in total. The number of ether oxygens (including phenoxy) is 1. The number of amides is 1. The van der Waals surface area contributed by atoms with Crippen LogP contribution in [-0.4, -0.2) is 55.3 Å². The molecule has 26 heavy (non-hydrogen) atoms. The van der Waals surface area contributed by atoms with E-state index in [0.29, 0.717) is 18.0 Å². The van der Waals surface area contributed by atoms with E-state index >= 15 is 0 Å². The molecule has 0 saturated carbocycles. The van der Waals surface area contributed by atoms with Crippen LogP contribution >= 0.6 is 0 Å². The Bertz CT molecular complexity index is 333. The van der Waals surface area contributed by atoms with Gasteiger partial charge in [-0.05, 0) is 19.4 Å². The van der Waals surface area contributed by atoms with Crippen molar-refractivity contribution in [3.05, 3.63) is 5.21 Å². The molecule has 0 unspecified atom stereocenters. The predicted octanol–water partition coefficient (Wildman–Crippen LogP) is 4.74. The van der Waals surface area contributed by atoms with Crippen LogP contribution in [0.5, 0.6) is 0 Å².